The monoisotopic (exact) mass is 335 g/mol. The summed E-state index contributed by atoms with van der Waals surface area (Å²) in [5.41, 5.74) is 0. The van der Waals surface area contributed by atoms with Crippen molar-refractivity contribution in [3.63, 3.8) is 0 Å². The van der Waals surface area contributed by atoms with Gasteiger partial charge in [-0.05, 0) is 38.6 Å². The normalized spacial score (nSPS) is 27.2. The minimum absolute atomic E-state index is 0.113. The van der Waals surface area contributed by atoms with Crippen molar-refractivity contribution in [1.82, 2.24) is 15.1 Å². The molecule has 2 aliphatic heterocycles. The van der Waals surface area contributed by atoms with Crippen molar-refractivity contribution in [2.75, 3.05) is 26.2 Å². The summed E-state index contributed by atoms with van der Waals surface area (Å²) in [6, 6.07) is 1.03. The number of amides is 2. The van der Waals surface area contributed by atoms with Crippen LogP contribution in [-0.2, 0) is 9.59 Å². The van der Waals surface area contributed by atoms with E-state index in [4.69, 9.17) is 0 Å². The minimum Gasteiger partial charge on any atom is -0.352 e. The molecule has 3 fully saturated rings. The molecule has 0 aromatic rings. The molecule has 0 radical (unpaired) electrons. The lowest BCUT2D eigenvalue weighted by Gasteiger charge is -2.38. The molecule has 1 saturated carbocycles. The number of rotatable bonds is 5. The van der Waals surface area contributed by atoms with Gasteiger partial charge in [-0.3, -0.25) is 14.5 Å². The molecule has 0 aromatic carbocycles. The Morgan fingerprint density at radius 2 is 1.79 bits per heavy atom. The van der Waals surface area contributed by atoms with Gasteiger partial charge in [0, 0.05) is 44.6 Å². The van der Waals surface area contributed by atoms with Crippen LogP contribution in [0.1, 0.15) is 70.6 Å². The summed E-state index contributed by atoms with van der Waals surface area (Å²) in [4.78, 5) is 28.3. The highest BCUT2D eigenvalue weighted by molar-refractivity contribution is 5.80. The van der Waals surface area contributed by atoms with Gasteiger partial charge in [0.1, 0.15) is 0 Å². The number of likely N-dealkylation sites (tertiary alicyclic amines) is 2. The molecule has 2 amide bonds. The maximum Gasteiger partial charge on any atom is 0.222 e. The Balaban J connectivity index is 1.41. The summed E-state index contributed by atoms with van der Waals surface area (Å²) in [6.07, 6.45) is 12.5. The molecular weight excluding hydrogens is 302 g/mol. The molecule has 1 N–H and O–H groups in total. The molecule has 24 heavy (non-hydrogen) atoms. The molecule has 5 heteroatoms. The summed E-state index contributed by atoms with van der Waals surface area (Å²) in [6.45, 7) is 3.62. The second kappa shape index (κ2) is 8.84. The van der Waals surface area contributed by atoms with Crippen LogP contribution in [0.25, 0.3) is 0 Å². The summed E-state index contributed by atoms with van der Waals surface area (Å²) in [5.74, 6) is 0.322. The largest absolute Gasteiger partial charge is 0.352 e. The molecule has 3 aliphatic rings. The molecule has 0 bridgehead atoms. The standard InChI is InChI=1S/C19H33N3O2/c23-18(11-14-21-12-6-10-19(21)24)20-16-7-5-13-22(15-16)17-8-3-1-2-4-9-17/h16-17H,1-15H2,(H,20,23). The number of carbonyl (C=O) groups is 2. The SMILES string of the molecule is O=C(CCN1CCCC1=O)NC1CCCN(C2CCCCCC2)C1. The third kappa shape index (κ3) is 4.95. The van der Waals surface area contributed by atoms with E-state index in [0.29, 0.717) is 25.4 Å². The first-order valence-electron chi connectivity index (χ1n) is 10.0. The van der Waals surface area contributed by atoms with Crippen LogP contribution in [0.4, 0.5) is 0 Å². The van der Waals surface area contributed by atoms with Gasteiger partial charge < -0.3 is 10.2 Å². The van der Waals surface area contributed by atoms with Crippen LogP contribution in [-0.4, -0.2) is 59.9 Å². The van der Waals surface area contributed by atoms with Gasteiger partial charge in [-0.1, -0.05) is 25.7 Å². The van der Waals surface area contributed by atoms with E-state index in [0.717, 1.165) is 32.0 Å². The quantitative estimate of drug-likeness (QED) is 0.785. The zero-order valence-corrected chi connectivity index (χ0v) is 15.0. The van der Waals surface area contributed by atoms with Crippen LogP contribution < -0.4 is 5.32 Å². The molecule has 2 saturated heterocycles. The molecule has 1 aliphatic carbocycles. The molecule has 1 atom stereocenters. The van der Waals surface area contributed by atoms with E-state index in [1.807, 2.05) is 4.90 Å². The zero-order valence-electron chi connectivity index (χ0n) is 15.0. The Labute approximate surface area is 146 Å². The van der Waals surface area contributed by atoms with Gasteiger partial charge in [0.2, 0.25) is 11.8 Å². The van der Waals surface area contributed by atoms with Crippen molar-refractivity contribution < 1.29 is 9.59 Å². The average molecular weight is 335 g/mol. The molecular formula is C19H33N3O2. The topological polar surface area (TPSA) is 52.7 Å². The first kappa shape index (κ1) is 17.7. The van der Waals surface area contributed by atoms with Crippen LogP contribution >= 0.6 is 0 Å². The van der Waals surface area contributed by atoms with Crippen molar-refractivity contribution in [1.29, 1.82) is 0 Å². The predicted octanol–water partition coefficient (Wildman–Crippen LogP) is 2.30. The highest BCUT2D eigenvalue weighted by atomic mass is 16.2. The molecule has 0 spiro atoms. The van der Waals surface area contributed by atoms with Gasteiger partial charge in [0.05, 0.1) is 0 Å². The number of piperidine rings is 1. The van der Waals surface area contributed by atoms with E-state index < -0.39 is 0 Å². The third-order valence-electron chi connectivity index (χ3n) is 5.94. The maximum atomic E-state index is 12.2. The summed E-state index contributed by atoms with van der Waals surface area (Å²) in [7, 11) is 0. The van der Waals surface area contributed by atoms with Gasteiger partial charge in [-0.25, -0.2) is 0 Å². The first-order valence-corrected chi connectivity index (χ1v) is 10.0. The molecule has 5 nitrogen and oxygen atoms in total. The minimum atomic E-state index is 0.113. The van der Waals surface area contributed by atoms with Crippen LogP contribution in [0.15, 0.2) is 0 Å². The van der Waals surface area contributed by atoms with Crippen molar-refractivity contribution >= 4 is 11.8 Å². The zero-order chi connectivity index (χ0) is 16.8. The van der Waals surface area contributed by atoms with Gasteiger partial charge in [-0.15, -0.1) is 0 Å². The fraction of sp³-hybridized carbons (Fsp3) is 0.895. The number of carbonyl (C=O) groups excluding carboxylic acids is 2. The Bertz CT molecular complexity index is 432. The Hall–Kier alpha value is -1.10. The fourth-order valence-electron chi connectivity index (χ4n) is 4.56. The summed E-state index contributed by atoms with van der Waals surface area (Å²) in [5, 5.41) is 3.22. The highest BCUT2D eigenvalue weighted by Gasteiger charge is 2.27. The van der Waals surface area contributed by atoms with Crippen LogP contribution in [0.5, 0.6) is 0 Å². The second-order valence-corrected chi connectivity index (χ2v) is 7.78. The number of nitrogens with zero attached hydrogens (tertiary/aromatic N) is 2. The highest BCUT2D eigenvalue weighted by Crippen LogP contribution is 2.24. The van der Waals surface area contributed by atoms with E-state index in [2.05, 4.69) is 10.2 Å². The Morgan fingerprint density at radius 3 is 2.50 bits per heavy atom. The van der Waals surface area contributed by atoms with Crippen LogP contribution in [0.2, 0.25) is 0 Å². The summed E-state index contributed by atoms with van der Waals surface area (Å²) >= 11 is 0. The Morgan fingerprint density at radius 1 is 1.00 bits per heavy atom. The van der Waals surface area contributed by atoms with E-state index in [-0.39, 0.29) is 11.8 Å². The number of hydrogen-bond acceptors (Lipinski definition) is 3. The Kier molecular flexibility index (Phi) is 6.52. The van der Waals surface area contributed by atoms with E-state index in [1.54, 1.807) is 0 Å². The molecule has 0 aromatic heterocycles. The van der Waals surface area contributed by atoms with Gasteiger partial charge >= 0.3 is 0 Å². The van der Waals surface area contributed by atoms with Gasteiger partial charge in [-0.2, -0.15) is 0 Å². The van der Waals surface area contributed by atoms with E-state index in [9.17, 15) is 9.59 Å². The molecule has 1 unspecified atom stereocenters. The lowest BCUT2D eigenvalue weighted by Crippen LogP contribution is -2.51. The van der Waals surface area contributed by atoms with Crippen molar-refractivity contribution in [3.05, 3.63) is 0 Å². The van der Waals surface area contributed by atoms with Gasteiger partial charge in [0.25, 0.3) is 0 Å². The third-order valence-corrected chi connectivity index (χ3v) is 5.94. The maximum absolute atomic E-state index is 12.2. The lowest BCUT2D eigenvalue weighted by atomic mass is 10.00. The van der Waals surface area contributed by atoms with Crippen molar-refractivity contribution in [2.24, 2.45) is 0 Å². The van der Waals surface area contributed by atoms with Crippen molar-refractivity contribution in [3.8, 4) is 0 Å². The average Bonchev–Trinajstić information content (AvgIpc) is 2.83. The van der Waals surface area contributed by atoms with Crippen molar-refractivity contribution in [2.45, 2.75) is 82.7 Å². The predicted molar refractivity (Wildman–Crippen MR) is 94.7 cm³/mol. The lowest BCUT2D eigenvalue weighted by molar-refractivity contribution is -0.128. The molecule has 136 valence electrons. The molecule has 3 rings (SSSR count). The fourth-order valence-corrected chi connectivity index (χ4v) is 4.56. The second-order valence-electron chi connectivity index (χ2n) is 7.78. The smallest absolute Gasteiger partial charge is 0.222 e. The van der Waals surface area contributed by atoms with Crippen LogP contribution in [0.3, 0.4) is 0 Å². The number of hydrogen-bond donors (Lipinski definition) is 1. The van der Waals surface area contributed by atoms with Crippen LogP contribution in [0, 0.1) is 0 Å². The first-order chi connectivity index (χ1) is 11.7. The van der Waals surface area contributed by atoms with E-state index in [1.165, 1.54) is 51.5 Å². The number of nitrogens with one attached hydrogen (secondary N) is 1. The summed E-state index contributed by atoms with van der Waals surface area (Å²) < 4.78 is 0. The molecule has 2 heterocycles. The van der Waals surface area contributed by atoms with Gasteiger partial charge in [0.15, 0.2) is 0 Å². The van der Waals surface area contributed by atoms with E-state index >= 15 is 0 Å².